The summed E-state index contributed by atoms with van der Waals surface area (Å²) in [6.45, 7) is 18.7. The number of hydrogen-bond acceptors (Lipinski definition) is 23. The van der Waals surface area contributed by atoms with Gasteiger partial charge >= 0.3 is 51.4 Å². The summed E-state index contributed by atoms with van der Waals surface area (Å²) in [7, 11) is 0.422. The van der Waals surface area contributed by atoms with Crippen molar-refractivity contribution >= 4 is 99.6 Å². The molecule has 0 fully saturated rings. The van der Waals surface area contributed by atoms with Gasteiger partial charge in [-0.25, -0.2) is 14.4 Å². The van der Waals surface area contributed by atoms with Gasteiger partial charge in [0.15, 0.2) is 5.78 Å². The molecule has 1 rings (SSSR count). The quantitative estimate of drug-likeness (QED) is 0.0144. The third kappa shape index (κ3) is 67.6. The maximum atomic E-state index is 11.1. The van der Waals surface area contributed by atoms with Crippen LogP contribution in [-0.4, -0.2) is 163 Å². The van der Waals surface area contributed by atoms with Crippen molar-refractivity contribution in [1.82, 2.24) is 0 Å². The number of carbonyl (C=O) groups excluding carboxylic acids is 13. The van der Waals surface area contributed by atoms with Gasteiger partial charge in [0.1, 0.15) is 17.8 Å². The molecule has 0 heterocycles. The van der Waals surface area contributed by atoms with Crippen molar-refractivity contribution in [2.75, 3.05) is 33.8 Å². The first-order valence-corrected chi connectivity index (χ1v) is 23.3. The first-order chi connectivity index (χ1) is 35.6. The largest absolute Gasteiger partial charge is 0 e. The monoisotopic (exact) mass is 1320 g/mol. The molecule has 0 saturated heterocycles. The summed E-state index contributed by atoms with van der Waals surface area (Å²) in [6, 6.07) is 5.20. The van der Waals surface area contributed by atoms with Crippen molar-refractivity contribution in [2.45, 2.75) is 138 Å². The van der Waals surface area contributed by atoms with Crippen LogP contribution in [-0.2, 0) is 133 Å². The number of anilines is 1. The zero-order valence-corrected chi connectivity index (χ0v) is 50.5. The summed E-state index contributed by atoms with van der Waals surface area (Å²) < 4.78 is 54.9. The molecule has 0 spiro atoms. The van der Waals surface area contributed by atoms with Gasteiger partial charge in [-0.05, 0) is 72.2 Å². The van der Waals surface area contributed by atoms with E-state index in [0.29, 0.717) is 5.69 Å². The number of Topliss-reactive ketones (excluding diaryl/α,β-unsaturated/α-hetero) is 4. The van der Waals surface area contributed by atoms with Crippen LogP contribution in [0.15, 0.2) is 53.5 Å². The Labute approximate surface area is 480 Å². The second kappa shape index (κ2) is 64.9. The first-order valence-electron chi connectivity index (χ1n) is 21.2. The molecule has 0 bridgehead atoms. The minimum atomic E-state index is -4.16. The molecule has 1 amide bonds. The van der Waals surface area contributed by atoms with Crippen LogP contribution in [0.25, 0.3) is 5.53 Å². The van der Waals surface area contributed by atoms with E-state index >= 15 is 0 Å². The van der Waals surface area contributed by atoms with Crippen molar-refractivity contribution in [1.29, 1.82) is 0 Å². The van der Waals surface area contributed by atoms with E-state index in [1.54, 1.807) is 45.1 Å². The summed E-state index contributed by atoms with van der Waals surface area (Å²) in [5, 5.41) is 30.0. The Bertz CT molecular complexity index is 2110. The fourth-order valence-electron chi connectivity index (χ4n) is 3.12. The average Bonchev–Trinajstić information content (AvgIpc) is 3.36. The Kier molecular flexibility index (Phi) is 80.9. The number of nitrogens with one attached hydrogen (secondary N) is 1. The fourth-order valence-corrected chi connectivity index (χ4v) is 3.60. The van der Waals surface area contributed by atoms with Crippen molar-refractivity contribution in [3.63, 3.8) is 0 Å². The molecule has 5 N–H and O–H groups in total. The van der Waals surface area contributed by atoms with Gasteiger partial charge in [-0.2, -0.15) is 40.9 Å². The number of allylic oxidation sites excluding steroid dienone is 2. The number of esters is 4. The van der Waals surface area contributed by atoms with E-state index in [2.05, 4.69) is 29.1 Å². The van der Waals surface area contributed by atoms with Gasteiger partial charge in [-0.15, -0.1) is 0 Å². The zero-order chi connectivity index (χ0) is 63.6. The molecule has 454 valence electrons. The summed E-state index contributed by atoms with van der Waals surface area (Å²) in [5.74, 6) is -5.93. The normalized spacial score (nSPS) is 10.6. The van der Waals surface area contributed by atoms with Gasteiger partial charge in [-0.3, -0.25) is 58.5 Å². The number of carbonyl (C=O) groups is 9. The number of aliphatic hydroxyl groups excluding tert-OH is 1. The van der Waals surface area contributed by atoms with Crippen LogP contribution in [0.5, 0.6) is 0 Å². The SMILES string of the molecule is C/C=C/C[C@@](C)(O)C(=O)C(=O)OC.C/C=C/C[C@](O)(C(C)=O)C(=O)OC.CC(=O)Nc1ccc(S(=O)(=O)O)cc1.CCC(C)O.COC(=O)C(=[N+]=[N-])C(C)=O.COC(=O)CC(C)=O.C[C-]=O.C[C-]=O.C[C-]=O.C[C-]=O.[HH].[O]=[Rh].[Rh]. The Morgan fingerprint density at radius 2 is 1.12 bits per heavy atom. The molecule has 1 aromatic carbocycles. The van der Waals surface area contributed by atoms with Gasteiger partial charge in [0.2, 0.25) is 17.3 Å². The minimum Gasteiger partial charge on any atom is 0 e. The molecule has 27 nitrogen and oxygen atoms in total. The van der Waals surface area contributed by atoms with Crippen molar-refractivity contribution in [3.8, 4) is 0 Å². The van der Waals surface area contributed by atoms with Crippen LogP contribution in [0, 0.1) is 0 Å². The van der Waals surface area contributed by atoms with Gasteiger partial charge in [-0.1, -0.05) is 31.2 Å². The first kappa shape index (κ1) is 97.2. The van der Waals surface area contributed by atoms with Gasteiger partial charge < -0.3 is 64.3 Å². The smallest absolute Gasteiger partial charge is 0 e. The second-order valence-corrected chi connectivity index (χ2v) is 14.7. The molecule has 0 aromatic heterocycles. The van der Waals surface area contributed by atoms with Crippen LogP contribution in [0.3, 0.4) is 0 Å². The standard InChI is InChI=1S/2C9H14O4.C8H9NO4S.C5H6N2O3.C5H8O3.C4H10O.4C2H3O.O.2Rh.H2/c1-4-5-6-9(2,12)7(10)8(11)13-3;1-4-5-6-9(12,7(2)10)8(11)13-3;1-6(10)9-7-2-4-8(5-3-7)14(11,12)13;1-3(8)4(7-6)5(9)10-2;1-4(6)3-5(7)8-2;1-3-4(2)5;4*1-2-3;;;;/h2*4-5,12H,6H2,1-3H3;2-5H,1H3,(H,9,10)(H,11,12,13);1-2H3;3H2,1-2H3;4-5H,3H2,1-2H3;4*1H3;;;;1H/q;;;;;;4*-1;;;;/b2*5-4+;;;;;;;;;;;;/t2*9-;;;;;;;;;;;;/m10............/s1. The summed E-state index contributed by atoms with van der Waals surface area (Å²) in [5.41, 5.74) is 4.25. The minimum absolute atomic E-state index is 0. The molecule has 1 aromatic rings. The summed E-state index contributed by atoms with van der Waals surface area (Å²) >= 11 is 1.30. The Hall–Kier alpha value is -6.37. The third-order valence-corrected chi connectivity index (χ3v) is 7.73. The molecular weight excluding hydrogens is 1240 g/mol. The van der Waals surface area contributed by atoms with E-state index < -0.39 is 68.3 Å². The average molecular weight is 1320 g/mol. The number of nitrogens with zero attached hydrogens (tertiary/aromatic N) is 2. The number of hydrogen-bond donors (Lipinski definition) is 5. The second-order valence-electron chi connectivity index (χ2n) is 13.3. The number of benzene rings is 1. The topological polar surface area (TPSA) is 439 Å². The van der Waals surface area contributed by atoms with Crippen molar-refractivity contribution < 1.29 is 157 Å². The number of amides is 1. The Balaban J connectivity index is -0.0000000657. The molecule has 30 heteroatoms. The maximum absolute atomic E-state index is 11.1. The summed E-state index contributed by atoms with van der Waals surface area (Å²) in [6.07, 6.45) is 13.2. The van der Waals surface area contributed by atoms with Gasteiger partial charge in [0, 0.05) is 53.3 Å². The number of ketones is 4. The van der Waals surface area contributed by atoms with Crippen LogP contribution in [0.2, 0.25) is 0 Å². The number of methoxy groups -OCH3 is 4. The molecule has 1 radical (unpaired) electrons. The van der Waals surface area contributed by atoms with Crippen LogP contribution >= 0.6 is 0 Å². The molecule has 0 aliphatic carbocycles. The Morgan fingerprint density at radius 1 is 0.756 bits per heavy atom. The van der Waals surface area contributed by atoms with E-state index in [4.69, 9.17) is 37.9 Å². The molecule has 1 unspecified atom stereocenters. The number of ether oxygens (including phenoxy) is 4. The fraction of sp³-hybridized carbons (Fsp3) is 0.500. The van der Waals surface area contributed by atoms with E-state index in [1.165, 1.54) is 123 Å². The van der Waals surface area contributed by atoms with Crippen molar-refractivity contribution in [2.24, 2.45) is 0 Å². The van der Waals surface area contributed by atoms with Crippen LogP contribution in [0.4, 0.5) is 5.69 Å². The van der Waals surface area contributed by atoms with Crippen LogP contribution in [0.1, 0.15) is 117 Å². The zero-order valence-electron chi connectivity index (χ0n) is 46.4. The molecule has 78 heavy (non-hydrogen) atoms. The van der Waals surface area contributed by atoms with E-state index in [1.807, 2.05) is 6.92 Å². The van der Waals surface area contributed by atoms with E-state index in [-0.39, 0.29) is 62.9 Å². The Morgan fingerprint density at radius 3 is 1.32 bits per heavy atom. The molecule has 3 atom stereocenters. The van der Waals surface area contributed by atoms with Gasteiger partial charge in [0.25, 0.3) is 15.9 Å². The molecule has 0 aliphatic rings. The van der Waals surface area contributed by atoms with E-state index in [0.717, 1.165) is 41.6 Å². The van der Waals surface area contributed by atoms with Crippen LogP contribution < -0.4 is 5.32 Å². The predicted molar refractivity (Wildman–Crippen MR) is 274 cm³/mol. The van der Waals surface area contributed by atoms with E-state index in [9.17, 15) is 61.8 Å². The molecule has 0 saturated carbocycles. The number of rotatable bonds is 15. The van der Waals surface area contributed by atoms with Crippen molar-refractivity contribution in [3.05, 3.63) is 54.1 Å². The number of aliphatic hydroxyl groups is 3. The molecular formula is C48H75N3O24Rh2S-4. The third-order valence-electron chi connectivity index (χ3n) is 6.86. The summed E-state index contributed by atoms with van der Waals surface area (Å²) in [4.78, 5) is 133. The predicted octanol–water partition coefficient (Wildman–Crippen LogP) is 2.70. The molecule has 0 aliphatic heterocycles. The van der Waals surface area contributed by atoms with Gasteiger partial charge in [0.05, 0.1) is 39.4 Å². The maximum Gasteiger partial charge on any atom is 0 e.